The lowest BCUT2D eigenvalue weighted by Gasteiger charge is -2.18. The lowest BCUT2D eigenvalue weighted by Crippen LogP contribution is -2.31. The summed E-state index contributed by atoms with van der Waals surface area (Å²) in [4.78, 5) is 1.36. The van der Waals surface area contributed by atoms with Crippen LogP contribution in [0.2, 0.25) is 0 Å². The van der Waals surface area contributed by atoms with Gasteiger partial charge in [0.05, 0.1) is 0 Å². The van der Waals surface area contributed by atoms with Crippen LogP contribution in [0.15, 0.2) is 15.9 Å². The Morgan fingerprint density at radius 3 is 2.73 bits per heavy atom. The monoisotopic (exact) mass is 290 g/mol. The van der Waals surface area contributed by atoms with E-state index in [4.69, 9.17) is 5.73 Å². The molecule has 0 saturated carbocycles. The van der Waals surface area contributed by atoms with Crippen molar-refractivity contribution in [1.82, 2.24) is 5.32 Å². The second kappa shape index (κ2) is 6.63. The summed E-state index contributed by atoms with van der Waals surface area (Å²) in [5.74, 6) is 1.23. The Balaban J connectivity index is 2.26. The zero-order valence-electron chi connectivity index (χ0n) is 9.29. The first kappa shape index (κ1) is 13.2. The van der Waals surface area contributed by atoms with Crippen LogP contribution in [-0.4, -0.2) is 13.1 Å². The van der Waals surface area contributed by atoms with E-state index in [1.165, 1.54) is 9.35 Å². The normalized spacial score (nSPS) is 13.4. The van der Waals surface area contributed by atoms with Crippen molar-refractivity contribution < 1.29 is 0 Å². The van der Waals surface area contributed by atoms with E-state index >= 15 is 0 Å². The molecule has 0 bridgehead atoms. The molecule has 3 N–H and O–H groups in total. The molecule has 0 fully saturated rings. The highest BCUT2D eigenvalue weighted by molar-refractivity contribution is 9.10. The highest BCUT2D eigenvalue weighted by Crippen LogP contribution is 2.19. The number of rotatable bonds is 6. The molecular formula is C11H19BrN2S. The topological polar surface area (TPSA) is 38.0 Å². The number of thiophene rings is 1. The van der Waals surface area contributed by atoms with Gasteiger partial charge < -0.3 is 11.1 Å². The molecule has 2 nitrogen and oxygen atoms in total. The molecule has 1 heterocycles. The molecule has 0 aliphatic carbocycles. The molecule has 0 aromatic carbocycles. The van der Waals surface area contributed by atoms with Gasteiger partial charge in [-0.2, -0.15) is 0 Å². The van der Waals surface area contributed by atoms with Gasteiger partial charge in [-0.15, -0.1) is 11.3 Å². The van der Waals surface area contributed by atoms with Gasteiger partial charge in [0, 0.05) is 21.3 Å². The lowest BCUT2D eigenvalue weighted by atomic mass is 9.96. The van der Waals surface area contributed by atoms with Crippen LogP contribution in [0.5, 0.6) is 0 Å². The minimum Gasteiger partial charge on any atom is -0.330 e. The van der Waals surface area contributed by atoms with Gasteiger partial charge >= 0.3 is 0 Å². The third kappa shape index (κ3) is 4.64. The minimum absolute atomic E-state index is 0.577. The predicted octanol–water partition coefficient (Wildman–Crippen LogP) is 2.83. The van der Waals surface area contributed by atoms with Crippen LogP contribution >= 0.6 is 27.3 Å². The van der Waals surface area contributed by atoms with Gasteiger partial charge in [-0.3, -0.25) is 0 Å². The molecule has 0 aliphatic rings. The fraction of sp³-hybridized carbons (Fsp3) is 0.636. The summed E-state index contributed by atoms with van der Waals surface area (Å²) in [5.41, 5.74) is 5.71. The van der Waals surface area contributed by atoms with Gasteiger partial charge in [-0.1, -0.05) is 13.8 Å². The third-order valence-corrected chi connectivity index (χ3v) is 4.27. The van der Waals surface area contributed by atoms with E-state index in [0.717, 1.165) is 19.6 Å². The van der Waals surface area contributed by atoms with Crippen LogP contribution in [0.4, 0.5) is 0 Å². The Morgan fingerprint density at radius 2 is 2.27 bits per heavy atom. The van der Waals surface area contributed by atoms with E-state index in [1.54, 1.807) is 11.3 Å². The standard InChI is InChI=1S/C11H19BrN2S/c1-8(2)9(4-13)5-14-6-11-3-10(12)7-15-11/h3,7-9,14H,4-6,13H2,1-2H3. The smallest absolute Gasteiger partial charge is 0.0300 e. The van der Waals surface area contributed by atoms with E-state index in [0.29, 0.717) is 11.8 Å². The van der Waals surface area contributed by atoms with Crippen molar-refractivity contribution in [2.75, 3.05) is 13.1 Å². The molecule has 1 rings (SSSR count). The second-order valence-corrected chi connectivity index (χ2v) is 6.01. The minimum atomic E-state index is 0.577. The van der Waals surface area contributed by atoms with Crippen molar-refractivity contribution in [3.05, 3.63) is 20.8 Å². The summed E-state index contributed by atoms with van der Waals surface area (Å²) < 4.78 is 1.17. The van der Waals surface area contributed by atoms with Gasteiger partial charge in [0.1, 0.15) is 0 Å². The predicted molar refractivity (Wildman–Crippen MR) is 71.1 cm³/mol. The Bertz CT molecular complexity index is 286. The molecule has 15 heavy (non-hydrogen) atoms. The Labute approximate surface area is 104 Å². The van der Waals surface area contributed by atoms with E-state index < -0.39 is 0 Å². The van der Waals surface area contributed by atoms with Gasteiger partial charge in [0.2, 0.25) is 0 Å². The molecule has 1 unspecified atom stereocenters. The molecule has 1 atom stereocenters. The van der Waals surface area contributed by atoms with Crippen molar-refractivity contribution >= 4 is 27.3 Å². The first-order valence-corrected chi connectivity index (χ1v) is 6.94. The van der Waals surface area contributed by atoms with Crippen LogP contribution < -0.4 is 11.1 Å². The van der Waals surface area contributed by atoms with Gasteiger partial charge in [0.15, 0.2) is 0 Å². The van der Waals surface area contributed by atoms with E-state index in [2.05, 4.69) is 46.5 Å². The van der Waals surface area contributed by atoms with E-state index in [-0.39, 0.29) is 0 Å². The third-order valence-electron chi connectivity index (χ3n) is 2.57. The average molecular weight is 291 g/mol. The fourth-order valence-corrected chi connectivity index (χ4v) is 2.84. The summed E-state index contributed by atoms with van der Waals surface area (Å²) in [6, 6.07) is 2.16. The van der Waals surface area contributed by atoms with E-state index in [1.807, 2.05) is 0 Å². The summed E-state index contributed by atoms with van der Waals surface area (Å²) in [6.07, 6.45) is 0. The Hall–Kier alpha value is 0.1000. The second-order valence-electron chi connectivity index (χ2n) is 4.10. The maximum Gasteiger partial charge on any atom is 0.0300 e. The Kier molecular flexibility index (Phi) is 5.82. The molecule has 0 amide bonds. The van der Waals surface area contributed by atoms with Crippen LogP contribution in [0, 0.1) is 11.8 Å². The van der Waals surface area contributed by atoms with E-state index in [9.17, 15) is 0 Å². The number of hydrogen-bond acceptors (Lipinski definition) is 3. The largest absolute Gasteiger partial charge is 0.330 e. The maximum absolute atomic E-state index is 5.71. The Morgan fingerprint density at radius 1 is 1.53 bits per heavy atom. The number of halogens is 1. The summed E-state index contributed by atoms with van der Waals surface area (Å²) in [5, 5.41) is 5.57. The number of hydrogen-bond donors (Lipinski definition) is 2. The molecule has 0 aliphatic heterocycles. The number of nitrogens with two attached hydrogens (primary N) is 1. The van der Waals surface area contributed by atoms with Gasteiger partial charge in [-0.05, 0) is 46.9 Å². The summed E-state index contributed by atoms with van der Waals surface area (Å²) in [6.45, 7) is 7.16. The molecular weight excluding hydrogens is 272 g/mol. The van der Waals surface area contributed by atoms with Crippen LogP contribution in [0.3, 0.4) is 0 Å². The SMILES string of the molecule is CC(C)C(CN)CNCc1cc(Br)cs1. The van der Waals surface area contributed by atoms with Crippen molar-refractivity contribution in [2.45, 2.75) is 20.4 Å². The molecule has 86 valence electrons. The highest BCUT2D eigenvalue weighted by Gasteiger charge is 2.10. The average Bonchev–Trinajstić information content (AvgIpc) is 2.58. The van der Waals surface area contributed by atoms with Crippen molar-refractivity contribution in [1.29, 1.82) is 0 Å². The quantitative estimate of drug-likeness (QED) is 0.846. The molecule has 1 aromatic heterocycles. The zero-order valence-corrected chi connectivity index (χ0v) is 11.7. The van der Waals surface area contributed by atoms with Crippen LogP contribution in [0.1, 0.15) is 18.7 Å². The fourth-order valence-electron chi connectivity index (χ4n) is 1.42. The van der Waals surface area contributed by atoms with Crippen LogP contribution in [0.25, 0.3) is 0 Å². The highest BCUT2D eigenvalue weighted by atomic mass is 79.9. The number of nitrogens with one attached hydrogen (secondary N) is 1. The maximum atomic E-state index is 5.71. The summed E-state index contributed by atoms with van der Waals surface area (Å²) in [7, 11) is 0. The molecule has 4 heteroatoms. The van der Waals surface area contributed by atoms with Crippen molar-refractivity contribution in [2.24, 2.45) is 17.6 Å². The first-order chi connectivity index (χ1) is 7.13. The van der Waals surface area contributed by atoms with Crippen molar-refractivity contribution in [3.8, 4) is 0 Å². The van der Waals surface area contributed by atoms with Gasteiger partial charge in [0.25, 0.3) is 0 Å². The van der Waals surface area contributed by atoms with Gasteiger partial charge in [-0.25, -0.2) is 0 Å². The lowest BCUT2D eigenvalue weighted by molar-refractivity contribution is 0.371. The zero-order chi connectivity index (χ0) is 11.3. The molecule has 0 saturated heterocycles. The van der Waals surface area contributed by atoms with Crippen LogP contribution in [-0.2, 0) is 6.54 Å². The molecule has 0 spiro atoms. The summed E-state index contributed by atoms with van der Waals surface area (Å²) >= 11 is 5.23. The molecule has 1 aromatic rings. The first-order valence-electron chi connectivity index (χ1n) is 5.27. The van der Waals surface area contributed by atoms with Crippen molar-refractivity contribution in [3.63, 3.8) is 0 Å². The molecule has 0 radical (unpaired) electrons.